The highest BCUT2D eigenvalue weighted by atomic mass is 16.5. The molecule has 2 atom stereocenters. The van der Waals surface area contributed by atoms with Crippen LogP contribution in [0.25, 0.3) is 0 Å². The lowest BCUT2D eigenvalue weighted by atomic mass is 10.0. The van der Waals surface area contributed by atoms with Crippen LogP contribution < -0.4 is 5.32 Å². The summed E-state index contributed by atoms with van der Waals surface area (Å²) in [7, 11) is 0. The SMILES string of the molecule is CCCCCCCCCCCCCCCCCCC(O)C(CO)NC(=O)CCCCCCCCCCCCCCCCCCC/C=C\CCCCCCCCCCCCCCOC(=O)CCCCCCCCCCCCCCCCC. The van der Waals surface area contributed by atoms with Crippen molar-refractivity contribution in [1.29, 1.82) is 0 Å². The molecule has 2 unspecified atom stereocenters. The lowest BCUT2D eigenvalue weighted by molar-refractivity contribution is -0.143. The van der Waals surface area contributed by atoms with Crippen LogP contribution in [0, 0.1) is 0 Å². The molecule has 0 aliphatic carbocycles. The molecular weight excluding hydrogens is 995 g/mol. The van der Waals surface area contributed by atoms with Crippen LogP contribution in [0.2, 0.25) is 0 Å². The number of esters is 1. The molecule has 1 amide bonds. The zero-order chi connectivity index (χ0) is 58.5. The van der Waals surface area contributed by atoms with E-state index in [1.807, 2.05) is 0 Å². The van der Waals surface area contributed by atoms with Gasteiger partial charge in [-0.05, 0) is 51.4 Å². The molecule has 81 heavy (non-hydrogen) atoms. The Morgan fingerprint density at radius 1 is 0.333 bits per heavy atom. The van der Waals surface area contributed by atoms with E-state index in [4.69, 9.17) is 4.74 Å². The first-order valence-electron chi connectivity index (χ1n) is 37.4. The lowest BCUT2D eigenvalue weighted by Crippen LogP contribution is -2.45. The Morgan fingerprint density at radius 2 is 0.580 bits per heavy atom. The summed E-state index contributed by atoms with van der Waals surface area (Å²) in [5.41, 5.74) is 0. The quantitative estimate of drug-likeness (QED) is 0.0320. The van der Waals surface area contributed by atoms with Crippen LogP contribution in [-0.2, 0) is 14.3 Å². The summed E-state index contributed by atoms with van der Waals surface area (Å²) in [6, 6.07) is -0.538. The number of hydrogen-bond donors (Lipinski definition) is 3. The maximum atomic E-state index is 12.5. The zero-order valence-corrected chi connectivity index (χ0v) is 55.3. The number of allylic oxidation sites excluding steroid dienone is 2. The van der Waals surface area contributed by atoms with Gasteiger partial charge in [0, 0.05) is 12.8 Å². The summed E-state index contributed by atoms with van der Waals surface area (Å²) in [5.74, 6) is -0.00521. The molecule has 0 rings (SSSR count). The predicted octanol–water partition coefficient (Wildman–Crippen LogP) is 24.3. The number of carbonyl (C=O) groups is 2. The molecule has 0 aromatic rings. The maximum Gasteiger partial charge on any atom is 0.305 e. The summed E-state index contributed by atoms with van der Waals surface area (Å²) in [4.78, 5) is 24.6. The van der Waals surface area contributed by atoms with Crippen LogP contribution in [0.4, 0.5) is 0 Å². The molecular formula is C75H147NO5. The Balaban J connectivity index is 3.33. The zero-order valence-electron chi connectivity index (χ0n) is 55.3. The largest absolute Gasteiger partial charge is 0.466 e. The molecule has 6 nitrogen and oxygen atoms in total. The molecule has 0 radical (unpaired) electrons. The van der Waals surface area contributed by atoms with E-state index in [0.717, 1.165) is 38.5 Å². The fourth-order valence-electron chi connectivity index (χ4n) is 12.1. The van der Waals surface area contributed by atoms with Gasteiger partial charge in [-0.2, -0.15) is 0 Å². The Kier molecular flexibility index (Phi) is 69.9. The minimum absolute atomic E-state index is 0.0227. The van der Waals surface area contributed by atoms with E-state index < -0.39 is 12.1 Å². The Labute approximate surface area is 508 Å². The molecule has 0 saturated heterocycles. The summed E-state index contributed by atoms with van der Waals surface area (Å²) in [6.07, 6.45) is 88.6. The van der Waals surface area contributed by atoms with E-state index in [9.17, 15) is 19.8 Å². The van der Waals surface area contributed by atoms with Crippen molar-refractivity contribution in [2.45, 2.75) is 443 Å². The lowest BCUT2D eigenvalue weighted by Gasteiger charge is -2.22. The predicted molar refractivity (Wildman–Crippen MR) is 357 cm³/mol. The number of hydrogen-bond acceptors (Lipinski definition) is 5. The Morgan fingerprint density at radius 3 is 0.877 bits per heavy atom. The summed E-state index contributed by atoms with van der Waals surface area (Å²) in [6.45, 7) is 5.00. The van der Waals surface area contributed by atoms with Crippen molar-refractivity contribution in [1.82, 2.24) is 5.32 Å². The minimum atomic E-state index is -0.661. The van der Waals surface area contributed by atoms with Crippen molar-refractivity contribution in [3.05, 3.63) is 12.2 Å². The number of rotatable bonds is 71. The van der Waals surface area contributed by atoms with Crippen LogP contribution in [0.1, 0.15) is 431 Å². The average Bonchev–Trinajstić information content (AvgIpc) is 3.47. The first-order valence-corrected chi connectivity index (χ1v) is 37.4. The number of amides is 1. The number of carbonyl (C=O) groups excluding carboxylic acids is 2. The third kappa shape index (κ3) is 67.6. The van der Waals surface area contributed by atoms with Gasteiger partial charge in [-0.3, -0.25) is 9.59 Å². The van der Waals surface area contributed by atoms with E-state index in [1.165, 1.54) is 360 Å². The van der Waals surface area contributed by atoms with Crippen molar-refractivity contribution in [3.8, 4) is 0 Å². The van der Waals surface area contributed by atoms with Gasteiger partial charge in [-0.15, -0.1) is 0 Å². The number of aliphatic hydroxyl groups is 2. The van der Waals surface area contributed by atoms with Gasteiger partial charge < -0.3 is 20.3 Å². The molecule has 0 bridgehead atoms. The minimum Gasteiger partial charge on any atom is -0.466 e. The van der Waals surface area contributed by atoms with Crippen molar-refractivity contribution in [2.24, 2.45) is 0 Å². The normalized spacial score (nSPS) is 12.5. The molecule has 0 fully saturated rings. The van der Waals surface area contributed by atoms with Crippen LogP contribution in [0.5, 0.6) is 0 Å². The van der Waals surface area contributed by atoms with Gasteiger partial charge in [0.15, 0.2) is 0 Å². The van der Waals surface area contributed by atoms with Gasteiger partial charge in [-0.25, -0.2) is 0 Å². The van der Waals surface area contributed by atoms with Gasteiger partial charge in [0.25, 0.3) is 0 Å². The average molecular weight is 1140 g/mol. The molecule has 482 valence electrons. The molecule has 0 saturated carbocycles. The topological polar surface area (TPSA) is 95.9 Å². The highest BCUT2D eigenvalue weighted by Gasteiger charge is 2.20. The van der Waals surface area contributed by atoms with E-state index in [-0.39, 0.29) is 18.5 Å². The van der Waals surface area contributed by atoms with E-state index >= 15 is 0 Å². The van der Waals surface area contributed by atoms with Crippen LogP contribution in [-0.4, -0.2) is 47.4 Å². The van der Waals surface area contributed by atoms with Gasteiger partial charge in [0.1, 0.15) is 0 Å². The monoisotopic (exact) mass is 1140 g/mol. The van der Waals surface area contributed by atoms with Crippen molar-refractivity contribution < 1.29 is 24.5 Å². The standard InChI is InChI=1S/C75H147NO5/c1-3-5-7-9-11-13-15-17-19-40-43-47-51-55-59-63-67-73(78)72(71-77)76-74(79)68-64-60-56-52-48-44-41-37-35-33-31-29-27-25-23-21-20-22-24-26-28-30-32-34-36-38-42-46-50-54-58-62-66-70-81-75(80)69-65-61-57-53-49-45-39-18-16-14-12-10-8-6-4-2/h24,26,72-73,77-78H,3-23,25,27-71H2,1-2H3,(H,76,79)/b26-24-. The Hall–Kier alpha value is -1.40. The van der Waals surface area contributed by atoms with Crippen LogP contribution >= 0.6 is 0 Å². The van der Waals surface area contributed by atoms with Crippen LogP contribution in [0.3, 0.4) is 0 Å². The van der Waals surface area contributed by atoms with E-state index in [2.05, 4.69) is 31.3 Å². The van der Waals surface area contributed by atoms with Gasteiger partial charge in [0.2, 0.25) is 5.91 Å². The third-order valence-corrected chi connectivity index (χ3v) is 17.8. The molecule has 0 aliphatic heterocycles. The number of nitrogens with one attached hydrogen (secondary N) is 1. The highest BCUT2D eigenvalue weighted by Crippen LogP contribution is 2.20. The van der Waals surface area contributed by atoms with Crippen LogP contribution in [0.15, 0.2) is 12.2 Å². The number of ether oxygens (including phenoxy) is 1. The molecule has 0 heterocycles. The molecule has 0 aromatic carbocycles. The molecule has 6 heteroatoms. The third-order valence-electron chi connectivity index (χ3n) is 17.8. The fourth-order valence-corrected chi connectivity index (χ4v) is 12.1. The first-order chi connectivity index (χ1) is 40.0. The second-order valence-corrected chi connectivity index (χ2v) is 26.0. The van der Waals surface area contributed by atoms with Crippen molar-refractivity contribution >= 4 is 11.9 Å². The second-order valence-electron chi connectivity index (χ2n) is 26.0. The van der Waals surface area contributed by atoms with E-state index in [1.54, 1.807) is 0 Å². The number of unbranched alkanes of at least 4 members (excludes halogenated alkanes) is 58. The highest BCUT2D eigenvalue weighted by molar-refractivity contribution is 5.76. The summed E-state index contributed by atoms with van der Waals surface area (Å²) < 4.78 is 5.50. The summed E-state index contributed by atoms with van der Waals surface area (Å²) >= 11 is 0. The molecule has 0 spiro atoms. The first kappa shape index (κ1) is 79.6. The smallest absolute Gasteiger partial charge is 0.305 e. The van der Waals surface area contributed by atoms with Gasteiger partial charge >= 0.3 is 5.97 Å². The second kappa shape index (κ2) is 71.1. The molecule has 3 N–H and O–H groups in total. The Bertz CT molecular complexity index is 1220. The summed E-state index contributed by atoms with van der Waals surface area (Å²) in [5, 5.41) is 23.4. The molecule has 0 aromatic heterocycles. The number of aliphatic hydroxyl groups excluding tert-OH is 2. The molecule has 0 aliphatic rings. The fraction of sp³-hybridized carbons (Fsp3) is 0.947. The van der Waals surface area contributed by atoms with Crippen molar-refractivity contribution in [2.75, 3.05) is 13.2 Å². The van der Waals surface area contributed by atoms with E-state index in [0.29, 0.717) is 25.9 Å². The van der Waals surface area contributed by atoms with Crippen molar-refractivity contribution in [3.63, 3.8) is 0 Å². The van der Waals surface area contributed by atoms with Gasteiger partial charge in [-0.1, -0.05) is 379 Å². The van der Waals surface area contributed by atoms with Gasteiger partial charge in [0.05, 0.1) is 25.4 Å². The maximum absolute atomic E-state index is 12.5.